The van der Waals surface area contributed by atoms with Crippen molar-refractivity contribution in [2.24, 2.45) is 0 Å². The quantitative estimate of drug-likeness (QED) is 0.678. The van der Waals surface area contributed by atoms with Crippen molar-refractivity contribution < 1.29 is 13.2 Å². The molecule has 0 aromatic heterocycles. The van der Waals surface area contributed by atoms with Crippen molar-refractivity contribution in [1.29, 1.82) is 0 Å². The van der Waals surface area contributed by atoms with Crippen molar-refractivity contribution in [3.8, 4) is 0 Å². The van der Waals surface area contributed by atoms with Crippen molar-refractivity contribution in [3.63, 3.8) is 0 Å². The first-order valence-electron chi connectivity index (χ1n) is 7.53. The van der Waals surface area contributed by atoms with Gasteiger partial charge in [0.25, 0.3) is 10.2 Å². The lowest BCUT2D eigenvalue weighted by atomic mass is 10.2. The Morgan fingerprint density at radius 2 is 1.62 bits per heavy atom. The molecule has 0 spiro atoms. The predicted octanol–water partition coefficient (Wildman–Crippen LogP) is -1.00. The smallest absolute Gasteiger partial charge is 0.282 e. The molecular formula is C13H22N4O3S. The van der Waals surface area contributed by atoms with E-state index < -0.39 is 10.2 Å². The van der Waals surface area contributed by atoms with Gasteiger partial charge in [0.2, 0.25) is 5.91 Å². The highest BCUT2D eigenvalue weighted by atomic mass is 32.2. The first-order chi connectivity index (χ1) is 10.1. The standard InChI is InChI=1S/C13H22N4O3S/c18-13(12-4-3-5-14-12)15-8-10-17(11-9-15)21(19,20)16-6-1-2-7-16/h3-4,12,14H,1-2,5-11H2. The van der Waals surface area contributed by atoms with E-state index in [9.17, 15) is 13.2 Å². The molecule has 0 radical (unpaired) electrons. The van der Waals surface area contributed by atoms with E-state index in [4.69, 9.17) is 0 Å². The fourth-order valence-corrected chi connectivity index (χ4v) is 4.73. The van der Waals surface area contributed by atoms with Gasteiger partial charge in [-0.05, 0) is 12.8 Å². The number of piperazine rings is 1. The maximum atomic E-state index is 12.4. The Bertz CT molecular complexity index is 520. The van der Waals surface area contributed by atoms with E-state index in [2.05, 4.69) is 5.32 Å². The van der Waals surface area contributed by atoms with Gasteiger partial charge < -0.3 is 4.90 Å². The summed E-state index contributed by atoms with van der Waals surface area (Å²) in [7, 11) is -3.33. The van der Waals surface area contributed by atoms with Gasteiger partial charge in [-0.2, -0.15) is 17.0 Å². The van der Waals surface area contributed by atoms with Crippen LogP contribution in [0.2, 0.25) is 0 Å². The summed E-state index contributed by atoms with van der Waals surface area (Å²) in [6, 6.07) is -0.244. The molecule has 3 heterocycles. The van der Waals surface area contributed by atoms with Crippen LogP contribution in [-0.2, 0) is 15.0 Å². The molecule has 0 saturated carbocycles. The zero-order valence-electron chi connectivity index (χ0n) is 12.1. The molecule has 2 fully saturated rings. The molecule has 1 unspecified atom stereocenters. The average Bonchev–Trinajstić information content (AvgIpc) is 3.19. The normalized spacial score (nSPS) is 28.4. The van der Waals surface area contributed by atoms with Crippen molar-refractivity contribution in [2.45, 2.75) is 18.9 Å². The molecule has 0 aromatic carbocycles. The third-order valence-corrected chi connectivity index (χ3v) is 6.35. The highest BCUT2D eigenvalue weighted by molar-refractivity contribution is 7.86. The minimum atomic E-state index is -3.33. The number of nitrogens with one attached hydrogen (secondary N) is 1. The Hall–Kier alpha value is -0.960. The van der Waals surface area contributed by atoms with Gasteiger partial charge in [0.1, 0.15) is 6.04 Å². The van der Waals surface area contributed by atoms with Crippen molar-refractivity contribution in [2.75, 3.05) is 45.8 Å². The van der Waals surface area contributed by atoms with Crippen LogP contribution >= 0.6 is 0 Å². The summed E-state index contributed by atoms with van der Waals surface area (Å²) in [4.78, 5) is 14.0. The van der Waals surface area contributed by atoms with E-state index in [0.717, 1.165) is 19.4 Å². The molecule has 0 aromatic rings. The molecule has 1 N–H and O–H groups in total. The molecular weight excluding hydrogens is 292 g/mol. The van der Waals surface area contributed by atoms with E-state index >= 15 is 0 Å². The summed E-state index contributed by atoms with van der Waals surface area (Å²) in [5.41, 5.74) is 0. The van der Waals surface area contributed by atoms with Crippen molar-refractivity contribution in [3.05, 3.63) is 12.2 Å². The molecule has 0 aliphatic carbocycles. The Balaban J connectivity index is 1.57. The second-order valence-corrected chi connectivity index (χ2v) is 7.58. The molecule has 21 heavy (non-hydrogen) atoms. The average molecular weight is 314 g/mol. The van der Waals surface area contributed by atoms with Gasteiger partial charge in [0.15, 0.2) is 0 Å². The number of amides is 1. The highest BCUT2D eigenvalue weighted by Crippen LogP contribution is 2.18. The van der Waals surface area contributed by atoms with E-state index in [1.807, 2.05) is 12.2 Å². The summed E-state index contributed by atoms with van der Waals surface area (Å²) in [5.74, 6) is 0.0435. The number of rotatable bonds is 3. The van der Waals surface area contributed by atoms with Crippen molar-refractivity contribution >= 4 is 16.1 Å². The summed E-state index contributed by atoms with van der Waals surface area (Å²) >= 11 is 0. The van der Waals surface area contributed by atoms with Gasteiger partial charge in [0, 0.05) is 45.8 Å². The van der Waals surface area contributed by atoms with E-state index in [1.165, 1.54) is 4.31 Å². The lowest BCUT2D eigenvalue weighted by Gasteiger charge is -2.36. The van der Waals surface area contributed by atoms with Gasteiger partial charge >= 0.3 is 0 Å². The SMILES string of the molecule is O=C(C1C=CCN1)N1CCN(S(=O)(=O)N2CCCC2)CC1. The Morgan fingerprint density at radius 1 is 1.00 bits per heavy atom. The summed E-state index contributed by atoms with van der Waals surface area (Å²) < 4.78 is 28.0. The zero-order valence-corrected chi connectivity index (χ0v) is 12.9. The van der Waals surface area contributed by atoms with E-state index in [0.29, 0.717) is 39.3 Å². The Kier molecular flexibility index (Phi) is 4.30. The molecule has 1 atom stereocenters. The van der Waals surface area contributed by atoms with Crippen LogP contribution in [0.5, 0.6) is 0 Å². The lowest BCUT2D eigenvalue weighted by Crippen LogP contribution is -2.56. The third-order valence-electron chi connectivity index (χ3n) is 4.32. The summed E-state index contributed by atoms with van der Waals surface area (Å²) in [6.07, 6.45) is 5.70. The Morgan fingerprint density at radius 3 is 2.19 bits per heavy atom. The van der Waals surface area contributed by atoms with Gasteiger partial charge in [-0.15, -0.1) is 0 Å². The first kappa shape index (κ1) is 15.0. The first-order valence-corrected chi connectivity index (χ1v) is 8.93. The number of carbonyl (C=O) groups is 1. The number of nitrogens with zero attached hydrogens (tertiary/aromatic N) is 3. The van der Waals surface area contributed by atoms with Crippen molar-refractivity contribution in [1.82, 2.24) is 18.8 Å². The van der Waals surface area contributed by atoms with Crippen LogP contribution in [0.1, 0.15) is 12.8 Å². The molecule has 2 saturated heterocycles. The topological polar surface area (TPSA) is 73.0 Å². The van der Waals surface area contributed by atoms with Crippen LogP contribution in [0, 0.1) is 0 Å². The molecule has 118 valence electrons. The molecule has 8 heteroatoms. The number of hydrogen-bond acceptors (Lipinski definition) is 4. The van der Waals surface area contributed by atoms with Gasteiger partial charge in [-0.25, -0.2) is 0 Å². The number of hydrogen-bond donors (Lipinski definition) is 1. The zero-order chi connectivity index (χ0) is 14.9. The minimum absolute atomic E-state index is 0.0435. The number of carbonyl (C=O) groups excluding carboxylic acids is 1. The maximum absolute atomic E-state index is 12.4. The maximum Gasteiger partial charge on any atom is 0.282 e. The monoisotopic (exact) mass is 314 g/mol. The molecule has 0 bridgehead atoms. The third kappa shape index (κ3) is 2.98. The summed E-state index contributed by atoms with van der Waals surface area (Å²) in [5, 5.41) is 3.10. The fraction of sp³-hybridized carbons (Fsp3) is 0.769. The van der Waals surface area contributed by atoms with Crippen LogP contribution in [0.4, 0.5) is 0 Å². The molecule has 3 aliphatic heterocycles. The van der Waals surface area contributed by atoms with Crippen LogP contribution in [0.25, 0.3) is 0 Å². The van der Waals surface area contributed by atoms with Crippen LogP contribution in [0.15, 0.2) is 12.2 Å². The minimum Gasteiger partial charge on any atom is -0.338 e. The highest BCUT2D eigenvalue weighted by Gasteiger charge is 2.35. The van der Waals surface area contributed by atoms with E-state index in [1.54, 1.807) is 9.21 Å². The second kappa shape index (κ2) is 6.04. The van der Waals surface area contributed by atoms with Crippen LogP contribution in [-0.4, -0.2) is 79.7 Å². The molecule has 1 amide bonds. The van der Waals surface area contributed by atoms with Crippen LogP contribution in [0.3, 0.4) is 0 Å². The molecule has 3 aliphatic rings. The van der Waals surface area contributed by atoms with E-state index in [-0.39, 0.29) is 11.9 Å². The van der Waals surface area contributed by atoms with Gasteiger partial charge in [0.05, 0.1) is 0 Å². The largest absolute Gasteiger partial charge is 0.338 e. The summed E-state index contributed by atoms with van der Waals surface area (Å²) in [6.45, 7) is 3.69. The fourth-order valence-electron chi connectivity index (χ4n) is 3.05. The molecule has 7 nitrogen and oxygen atoms in total. The van der Waals surface area contributed by atoms with Crippen LogP contribution < -0.4 is 5.32 Å². The Labute approximate surface area is 125 Å². The predicted molar refractivity (Wildman–Crippen MR) is 78.8 cm³/mol. The van der Waals surface area contributed by atoms with Gasteiger partial charge in [-0.3, -0.25) is 10.1 Å². The molecule has 3 rings (SSSR count). The second-order valence-electron chi connectivity index (χ2n) is 5.65. The lowest BCUT2D eigenvalue weighted by molar-refractivity contribution is -0.133. The van der Waals surface area contributed by atoms with Gasteiger partial charge in [-0.1, -0.05) is 12.2 Å².